The number of methoxy groups -OCH3 is 1. The van der Waals surface area contributed by atoms with Crippen molar-refractivity contribution in [1.82, 2.24) is 14.3 Å². The van der Waals surface area contributed by atoms with Gasteiger partial charge in [-0.3, -0.25) is 14.2 Å². The summed E-state index contributed by atoms with van der Waals surface area (Å²) < 4.78 is 7.16. The van der Waals surface area contributed by atoms with Crippen LogP contribution in [0.2, 0.25) is 5.02 Å². The Bertz CT molecular complexity index is 1230. The molecule has 2 aromatic heterocycles. The van der Waals surface area contributed by atoms with E-state index >= 15 is 0 Å². The summed E-state index contributed by atoms with van der Waals surface area (Å²) in [6, 6.07) is 11.1. The molecular formula is C23H24ClN5O2. The zero-order chi connectivity index (χ0) is 22.1. The molecule has 0 radical (unpaired) electrons. The van der Waals surface area contributed by atoms with E-state index in [1.165, 1.54) is 0 Å². The van der Waals surface area contributed by atoms with Crippen LogP contribution in [0, 0.1) is 6.92 Å². The van der Waals surface area contributed by atoms with Gasteiger partial charge in [-0.05, 0) is 43.7 Å². The summed E-state index contributed by atoms with van der Waals surface area (Å²) in [7, 11) is 3.32. The molecule has 0 bridgehead atoms. The van der Waals surface area contributed by atoms with Crippen molar-refractivity contribution in [3.8, 4) is 5.75 Å². The Hall–Kier alpha value is -3.32. The van der Waals surface area contributed by atoms with Crippen LogP contribution in [0.3, 0.4) is 0 Å². The van der Waals surface area contributed by atoms with Gasteiger partial charge in [0.25, 0.3) is 5.91 Å². The molecule has 4 rings (SSSR count). The summed E-state index contributed by atoms with van der Waals surface area (Å²) in [5, 5.41) is 0.561. The number of pyridine rings is 1. The van der Waals surface area contributed by atoms with E-state index < -0.39 is 0 Å². The number of benzene rings is 1. The number of nitrogens with two attached hydrogens (primary N) is 1. The van der Waals surface area contributed by atoms with Gasteiger partial charge in [-0.15, -0.1) is 0 Å². The third kappa shape index (κ3) is 3.88. The third-order valence-corrected chi connectivity index (χ3v) is 5.68. The molecule has 3 aromatic rings. The number of halogens is 1. The van der Waals surface area contributed by atoms with Crippen LogP contribution in [-0.4, -0.2) is 53.2 Å². The summed E-state index contributed by atoms with van der Waals surface area (Å²) in [5.74, 6) is 0.566. The Morgan fingerprint density at radius 2 is 2.10 bits per heavy atom. The number of imidazole rings is 1. The maximum Gasteiger partial charge on any atom is 0.273 e. The van der Waals surface area contributed by atoms with E-state index in [0.717, 1.165) is 22.5 Å². The Kier molecular flexibility index (Phi) is 5.69. The second kappa shape index (κ2) is 8.43. The van der Waals surface area contributed by atoms with Crippen LogP contribution < -0.4 is 10.5 Å². The number of carbonyl (C=O) groups excluding carboxylic acids is 1. The molecule has 0 unspecified atom stereocenters. The average molecular weight is 438 g/mol. The van der Waals surface area contributed by atoms with Crippen LogP contribution in [0.4, 0.5) is 0 Å². The fraction of sp³-hybridized carbons (Fsp3) is 0.261. The quantitative estimate of drug-likeness (QED) is 0.633. The molecule has 1 aromatic carbocycles. The lowest BCUT2D eigenvalue weighted by Crippen LogP contribution is -2.41. The van der Waals surface area contributed by atoms with Crippen molar-refractivity contribution in [2.75, 3.05) is 27.2 Å². The minimum absolute atomic E-state index is 0.0855. The zero-order valence-corrected chi connectivity index (χ0v) is 18.5. The van der Waals surface area contributed by atoms with E-state index in [0.29, 0.717) is 47.4 Å². The SMILES string of the molecule is CN=C(C1=C(N)CN(C(=O)c2c(C)nc3ccccn23)CC1)c1cc(Cl)cc(OC)c1. The molecule has 1 amide bonds. The van der Waals surface area contributed by atoms with Gasteiger partial charge in [-0.2, -0.15) is 0 Å². The third-order valence-electron chi connectivity index (χ3n) is 5.46. The summed E-state index contributed by atoms with van der Waals surface area (Å²) in [6.07, 6.45) is 2.44. The van der Waals surface area contributed by atoms with Crippen molar-refractivity contribution in [3.05, 3.63) is 75.8 Å². The van der Waals surface area contributed by atoms with Crippen LogP contribution in [0.15, 0.2) is 58.9 Å². The first-order valence-electron chi connectivity index (χ1n) is 9.95. The lowest BCUT2D eigenvalue weighted by atomic mass is 9.94. The van der Waals surface area contributed by atoms with Crippen LogP contribution in [0.5, 0.6) is 5.75 Å². The van der Waals surface area contributed by atoms with Gasteiger partial charge in [0.15, 0.2) is 0 Å². The van der Waals surface area contributed by atoms with Crippen LogP contribution in [0.25, 0.3) is 5.65 Å². The number of hydrogen-bond acceptors (Lipinski definition) is 5. The van der Waals surface area contributed by atoms with Crippen molar-refractivity contribution in [2.24, 2.45) is 10.7 Å². The molecule has 0 aliphatic carbocycles. The van der Waals surface area contributed by atoms with Crippen LogP contribution >= 0.6 is 11.6 Å². The summed E-state index contributed by atoms with van der Waals surface area (Å²) in [5.41, 5.74) is 11.6. The fourth-order valence-electron chi connectivity index (χ4n) is 4.01. The number of hydrogen-bond donors (Lipinski definition) is 1. The molecule has 0 spiro atoms. The standard InChI is InChI=1S/C23H24ClN5O2/c1-14-22(29-8-5-4-6-20(29)27-14)23(30)28-9-7-18(19(25)13-28)21(26-2)15-10-16(24)12-17(11-15)31-3/h4-6,8,10-12H,7,9,13,25H2,1-3H3. The van der Waals surface area contributed by atoms with E-state index in [4.69, 9.17) is 22.1 Å². The number of carbonyl (C=O) groups is 1. The highest BCUT2D eigenvalue weighted by Gasteiger charge is 2.28. The number of aromatic nitrogens is 2. The van der Waals surface area contributed by atoms with E-state index in [-0.39, 0.29) is 5.91 Å². The number of rotatable bonds is 4. The van der Waals surface area contributed by atoms with Crippen LogP contribution in [-0.2, 0) is 0 Å². The van der Waals surface area contributed by atoms with Gasteiger partial charge in [-0.1, -0.05) is 17.7 Å². The maximum atomic E-state index is 13.3. The highest BCUT2D eigenvalue weighted by atomic mass is 35.5. The monoisotopic (exact) mass is 437 g/mol. The topological polar surface area (TPSA) is 85.2 Å². The van der Waals surface area contributed by atoms with Gasteiger partial charge in [0, 0.05) is 41.6 Å². The number of amides is 1. The molecule has 0 fully saturated rings. The number of ether oxygens (including phenoxy) is 1. The van der Waals surface area contributed by atoms with Crippen molar-refractivity contribution in [3.63, 3.8) is 0 Å². The highest BCUT2D eigenvalue weighted by molar-refractivity contribution is 6.31. The number of nitrogens with zero attached hydrogens (tertiary/aromatic N) is 4. The normalized spacial score (nSPS) is 15.0. The first kappa shape index (κ1) is 20.9. The summed E-state index contributed by atoms with van der Waals surface area (Å²) in [6.45, 7) is 2.71. The van der Waals surface area contributed by atoms with E-state index in [1.54, 1.807) is 25.1 Å². The molecule has 0 saturated carbocycles. The molecule has 8 heteroatoms. The molecule has 3 heterocycles. The number of aryl methyl sites for hydroxylation is 1. The van der Waals surface area contributed by atoms with Crippen molar-refractivity contribution in [2.45, 2.75) is 13.3 Å². The molecule has 0 atom stereocenters. The predicted octanol–water partition coefficient (Wildman–Crippen LogP) is 3.48. The zero-order valence-electron chi connectivity index (χ0n) is 17.7. The molecular weight excluding hydrogens is 414 g/mol. The minimum atomic E-state index is -0.0855. The van der Waals surface area contributed by atoms with E-state index in [9.17, 15) is 4.79 Å². The van der Waals surface area contributed by atoms with E-state index in [2.05, 4.69) is 9.98 Å². The fourth-order valence-corrected chi connectivity index (χ4v) is 4.23. The molecule has 7 nitrogen and oxygen atoms in total. The maximum absolute atomic E-state index is 13.3. The number of fused-ring (bicyclic) bond motifs is 1. The molecule has 1 aliphatic rings. The highest BCUT2D eigenvalue weighted by Crippen LogP contribution is 2.27. The van der Waals surface area contributed by atoms with Gasteiger partial charge in [-0.25, -0.2) is 4.98 Å². The molecule has 31 heavy (non-hydrogen) atoms. The molecule has 2 N–H and O–H groups in total. The molecule has 1 aliphatic heterocycles. The van der Waals surface area contributed by atoms with Gasteiger partial charge in [0.05, 0.1) is 25.1 Å². The molecule has 0 saturated heterocycles. The van der Waals surface area contributed by atoms with Gasteiger partial charge in [0.2, 0.25) is 0 Å². The smallest absolute Gasteiger partial charge is 0.273 e. The van der Waals surface area contributed by atoms with Crippen molar-refractivity contribution < 1.29 is 9.53 Å². The van der Waals surface area contributed by atoms with Crippen molar-refractivity contribution >= 4 is 28.9 Å². The largest absolute Gasteiger partial charge is 0.497 e. The lowest BCUT2D eigenvalue weighted by molar-refractivity contribution is 0.0756. The van der Waals surface area contributed by atoms with Gasteiger partial charge < -0.3 is 15.4 Å². The summed E-state index contributed by atoms with van der Waals surface area (Å²) >= 11 is 6.25. The Balaban J connectivity index is 1.64. The second-order valence-corrected chi connectivity index (χ2v) is 7.84. The van der Waals surface area contributed by atoms with Crippen LogP contribution in [0.1, 0.15) is 28.2 Å². The second-order valence-electron chi connectivity index (χ2n) is 7.41. The lowest BCUT2D eigenvalue weighted by Gasteiger charge is -2.30. The Morgan fingerprint density at radius 1 is 1.29 bits per heavy atom. The minimum Gasteiger partial charge on any atom is -0.497 e. The van der Waals surface area contributed by atoms with Gasteiger partial charge in [0.1, 0.15) is 17.1 Å². The predicted molar refractivity (Wildman–Crippen MR) is 122 cm³/mol. The Morgan fingerprint density at radius 3 is 2.81 bits per heavy atom. The Labute approximate surface area is 185 Å². The van der Waals surface area contributed by atoms with E-state index in [1.807, 2.05) is 47.9 Å². The number of aliphatic imine (C=N–C) groups is 1. The average Bonchev–Trinajstić information content (AvgIpc) is 3.10. The molecule has 160 valence electrons. The van der Waals surface area contributed by atoms with Gasteiger partial charge >= 0.3 is 0 Å². The van der Waals surface area contributed by atoms with Crippen molar-refractivity contribution in [1.29, 1.82) is 0 Å². The summed E-state index contributed by atoms with van der Waals surface area (Å²) in [4.78, 5) is 24.0. The first-order valence-corrected chi connectivity index (χ1v) is 10.3. The first-order chi connectivity index (χ1) is 14.9.